The number of rotatable bonds is 4. The molecule has 0 saturated carbocycles. The van der Waals surface area contributed by atoms with E-state index < -0.39 is 0 Å². The van der Waals surface area contributed by atoms with E-state index in [4.69, 9.17) is 0 Å². The molecule has 2 unspecified atom stereocenters. The van der Waals surface area contributed by atoms with Crippen LogP contribution in [-0.2, 0) is 0 Å². The van der Waals surface area contributed by atoms with Crippen LogP contribution in [-0.4, -0.2) is 12.1 Å². The maximum absolute atomic E-state index is 3.69. The van der Waals surface area contributed by atoms with E-state index in [2.05, 4.69) is 18.5 Å². The fourth-order valence-electron chi connectivity index (χ4n) is 1.38. The molecule has 0 aliphatic carbocycles. The average Bonchev–Trinajstić information content (AvgIpc) is 1.84. The molecular weight excluding hydrogens is 122 g/mol. The van der Waals surface area contributed by atoms with Crippen molar-refractivity contribution < 1.29 is 0 Å². The van der Waals surface area contributed by atoms with Crippen LogP contribution in [0.3, 0.4) is 0 Å². The quantitative estimate of drug-likeness (QED) is 0.583. The summed E-state index contributed by atoms with van der Waals surface area (Å²) >= 11 is 0. The van der Waals surface area contributed by atoms with Crippen LogP contribution in [0.1, 0.15) is 19.3 Å². The fourth-order valence-corrected chi connectivity index (χ4v) is 1.38. The molecule has 2 atom stereocenters. The smallest absolute Gasteiger partial charge is 0.0119 e. The van der Waals surface area contributed by atoms with Gasteiger partial charge in [-0.3, -0.25) is 0 Å². The van der Waals surface area contributed by atoms with E-state index >= 15 is 0 Å². The first kappa shape index (κ1) is 7.55. The molecule has 1 saturated heterocycles. The van der Waals surface area contributed by atoms with E-state index in [1.165, 1.54) is 6.42 Å². The Morgan fingerprint density at radius 3 is 1.90 bits per heavy atom. The summed E-state index contributed by atoms with van der Waals surface area (Å²) in [5.41, 5.74) is 0. The molecule has 0 amide bonds. The summed E-state index contributed by atoms with van der Waals surface area (Å²) in [4.78, 5) is 0. The summed E-state index contributed by atoms with van der Waals surface area (Å²) in [5, 5.41) is 3.44. The summed E-state index contributed by atoms with van der Waals surface area (Å²) in [6.45, 7) is 7.39. The lowest BCUT2D eigenvalue weighted by Gasteiger charge is -2.36. The summed E-state index contributed by atoms with van der Waals surface area (Å²) in [6.07, 6.45) is 7.45. The minimum Gasteiger partial charge on any atom is -0.310 e. The first-order chi connectivity index (χ1) is 4.86. The highest BCUT2D eigenvalue weighted by atomic mass is 15.0. The fraction of sp³-hybridized carbons (Fsp3) is 0.556. The maximum Gasteiger partial charge on any atom is 0.0119 e. The molecule has 0 aromatic carbocycles. The van der Waals surface area contributed by atoms with Crippen molar-refractivity contribution in [3.63, 3.8) is 0 Å². The molecule has 1 heteroatoms. The highest BCUT2D eigenvalue weighted by molar-refractivity contribution is 4.94. The maximum atomic E-state index is 3.69. The third-order valence-corrected chi connectivity index (χ3v) is 1.94. The minimum atomic E-state index is 0.697. The first-order valence-corrected chi connectivity index (χ1v) is 3.84. The van der Waals surface area contributed by atoms with Gasteiger partial charge < -0.3 is 5.32 Å². The molecule has 0 bridgehead atoms. The molecule has 0 spiro atoms. The van der Waals surface area contributed by atoms with Gasteiger partial charge in [0.05, 0.1) is 0 Å². The van der Waals surface area contributed by atoms with Gasteiger partial charge in [-0.15, -0.1) is 13.2 Å². The monoisotopic (exact) mass is 137 g/mol. The zero-order valence-corrected chi connectivity index (χ0v) is 6.34. The second-order valence-corrected chi connectivity index (χ2v) is 2.84. The van der Waals surface area contributed by atoms with Gasteiger partial charge in [0.25, 0.3) is 0 Å². The summed E-state index contributed by atoms with van der Waals surface area (Å²) < 4.78 is 0. The van der Waals surface area contributed by atoms with Gasteiger partial charge in [0.1, 0.15) is 0 Å². The zero-order valence-electron chi connectivity index (χ0n) is 6.34. The largest absolute Gasteiger partial charge is 0.310 e. The Labute approximate surface area is 62.8 Å². The van der Waals surface area contributed by atoms with Crippen molar-refractivity contribution in [1.82, 2.24) is 5.32 Å². The normalized spacial score (nSPS) is 30.8. The van der Waals surface area contributed by atoms with Gasteiger partial charge in [0.15, 0.2) is 0 Å². The van der Waals surface area contributed by atoms with Gasteiger partial charge >= 0.3 is 0 Å². The highest BCUT2D eigenvalue weighted by Gasteiger charge is 2.24. The molecule has 1 fully saturated rings. The topological polar surface area (TPSA) is 12.0 Å². The second-order valence-electron chi connectivity index (χ2n) is 2.84. The van der Waals surface area contributed by atoms with Crippen molar-refractivity contribution in [1.29, 1.82) is 0 Å². The Kier molecular flexibility index (Phi) is 2.69. The highest BCUT2D eigenvalue weighted by Crippen LogP contribution is 2.17. The van der Waals surface area contributed by atoms with Crippen LogP contribution >= 0.6 is 0 Å². The summed E-state index contributed by atoms with van der Waals surface area (Å²) in [7, 11) is 0. The summed E-state index contributed by atoms with van der Waals surface area (Å²) in [5.74, 6) is 0. The molecule has 1 nitrogen and oxygen atoms in total. The van der Waals surface area contributed by atoms with E-state index in [0.29, 0.717) is 12.1 Å². The van der Waals surface area contributed by atoms with Crippen LogP contribution in [0.25, 0.3) is 0 Å². The third-order valence-electron chi connectivity index (χ3n) is 1.94. The van der Waals surface area contributed by atoms with E-state index in [1.54, 1.807) is 0 Å². The molecule has 1 rings (SSSR count). The van der Waals surface area contributed by atoms with Crippen molar-refractivity contribution in [2.24, 2.45) is 0 Å². The van der Waals surface area contributed by atoms with Crippen molar-refractivity contribution in [2.75, 3.05) is 0 Å². The van der Waals surface area contributed by atoms with Gasteiger partial charge in [-0.05, 0) is 19.3 Å². The summed E-state index contributed by atoms with van der Waals surface area (Å²) in [6, 6.07) is 1.39. The number of hydrogen-bond donors (Lipinski definition) is 1. The van der Waals surface area contributed by atoms with Crippen molar-refractivity contribution in [3.8, 4) is 0 Å². The minimum absolute atomic E-state index is 0.697. The van der Waals surface area contributed by atoms with Crippen LogP contribution < -0.4 is 5.32 Å². The number of nitrogens with one attached hydrogen (secondary N) is 1. The van der Waals surface area contributed by atoms with Crippen molar-refractivity contribution >= 4 is 0 Å². The first-order valence-electron chi connectivity index (χ1n) is 3.84. The van der Waals surface area contributed by atoms with Crippen LogP contribution in [0.2, 0.25) is 0 Å². The molecule has 1 N–H and O–H groups in total. The lowest BCUT2D eigenvalue weighted by atomic mass is 9.92. The van der Waals surface area contributed by atoms with Gasteiger partial charge in [-0.25, -0.2) is 0 Å². The Morgan fingerprint density at radius 2 is 1.60 bits per heavy atom. The third kappa shape index (κ3) is 1.71. The Morgan fingerprint density at radius 1 is 1.20 bits per heavy atom. The molecule has 0 radical (unpaired) electrons. The van der Waals surface area contributed by atoms with Crippen LogP contribution in [0, 0.1) is 0 Å². The van der Waals surface area contributed by atoms with E-state index in [0.717, 1.165) is 12.8 Å². The Bertz CT molecular complexity index is 109. The van der Waals surface area contributed by atoms with Gasteiger partial charge in [0, 0.05) is 12.1 Å². The SMILES string of the molecule is C=CCC1CC(CC=C)N1. The zero-order chi connectivity index (χ0) is 7.40. The predicted octanol–water partition coefficient (Wildman–Crippen LogP) is 1.87. The van der Waals surface area contributed by atoms with Gasteiger partial charge in [-0.2, -0.15) is 0 Å². The van der Waals surface area contributed by atoms with E-state index in [-0.39, 0.29) is 0 Å². The molecule has 56 valence electrons. The van der Waals surface area contributed by atoms with Crippen molar-refractivity contribution in [3.05, 3.63) is 25.3 Å². The van der Waals surface area contributed by atoms with Crippen LogP contribution in [0.4, 0.5) is 0 Å². The Balaban J connectivity index is 2.05. The average molecular weight is 137 g/mol. The van der Waals surface area contributed by atoms with Gasteiger partial charge in [-0.1, -0.05) is 12.2 Å². The van der Waals surface area contributed by atoms with Crippen LogP contribution in [0.15, 0.2) is 25.3 Å². The molecule has 1 aliphatic heterocycles. The standard InChI is InChI=1S/C9H15N/c1-3-5-8-7-9(10-8)6-4-2/h3-4,8-10H,1-2,5-7H2. The lowest BCUT2D eigenvalue weighted by molar-refractivity contribution is 0.267. The van der Waals surface area contributed by atoms with E-state index in [9.17, 15) is 0 Å². The Hall–Kier alpha value is -0.560. The molecule has 10 heavy (non-hydrogen) atoms. The molecule has 0 aromatic heterocycles. The number of hydrogen-bond acceptors (Lipinski definition) is 1. The lowest BCUT2D eigenvalue weighted by Crippen LogP contribution is -2.51. The van der Waals surface area contributed by atoms with E-state index in [1.807, 2.05) is 12.2 Å². The molecule has 1 heterocycles. The second kappa shape index (κ2) is 3.57. The predicted molar refractivity (Wildman–Crippen MR) is 45.0 cm³/mol. The molecule has 0 aromatic rings. The van der Waals surface area contributed by atoms with Crippen molar-refractivity contribution in [2.45, 2.75) is 31.3 Å². The molecule has 1 aliphatic rings. The molecular formula is C9H15N. The van der Waals surface area contributed by atoms with Gasteiger partial charge in [0.2, 0.25) is 0 Å². The van der Waals surface area contributed by atoms with Crippen LogP contribution in [0.5, 0.6) is 0 Å².